The molecule has 0 bridgehead atoms. The molecule has 3 heteroatoms. The SMILES string of the molecule is C=CNC/C(=C\C)C(=O)NCCC. The maximum Gasteiger partial charge on any atom is 0.248 e. The molecule has 0 unspecified atom stereocenters. The Bertz CT molecular complexity index is 197. The Labute approximate surface area is 79.9 Å². The standard InChI is InChI=1S/C10H18N2O/c1-4-7-12-10(13)9(5-2)8-11-6-3/h5-6,11H,3-4,7-8H2,1-2H3,(H,12,13)/b9-5+. The highest BCUT2D eigenvalue weighted by molar-refractivity contribution is 5.93. The summed E-state index contributed by atoms with van der Waals surface area (Å²) < 4.78 is 0. The van der Waals surface area contributed by atoms with Gasteiger partial charge in [0.15, 0.2) is 0 Å². The molecule has 0 aliphatic heterocycles. The summed E-state index contributed by atoms with van der Waals surface area (Å²) in [6.45, 7) is 8.66. The molecule has 1 amide bonds. The zero-order valence-corrected chi connectivity index (χ0v) is 8.39. The minimum absolute atomic E-state index is 0.00120. The average Bonchev–Trinajstić information content (AvgIpc) is 2.16. The fraction of sp³-hybridized carbons (Fsp3) is 0.500. The third kappa shape index (κ3) is 5.06. The van der Waals surface area contributed by atoms with Gasteiger partial charge < -0.3 is 10.6 Å². The molecule has 3 nitrogen and oxygen atoms in total. The van der Waals surface area contributed by atoms with Gasteiger partial charge in [-0.3, -0.25) is 4.79 Å². The van der Waals surface area contributed by atoms with Gasteiger partial charge in [0, 0.05) is 18.7 Å². The Kier molecular flexibility index (Phi) is 6.69. The Hall–Kier alpha value is -1.25. The van der Waals surface area contributed by atoms with E-state index in [1.54, 1.807) is 6.20 Å². The van der Waals surface area contributed by atoms with Crippen LogP contribution in [0.1, 0.15) is 20.3 Å². The Balaban J connectivity index is 3.93. The van der Waals surface area contributed by atoms with E-state index < -0.39 is 0 Å². The molecule has 0 saturated heterocycles. The molecular formula is C10H18N2O. The predicted octanol–water partition coefficient (Wildman–Crippen LogP) is 1.19. The van der Waals surface area contributed by atoms with E-state index in [1.165, 1.54) is 0 Å². The zero-order chi connectivity index (χ0) is 10.1. The maximum absolute atomic E-state index is 11.4. The third-order valence-corrected chi connectivity index (χ3v) is 1.61. The molecule has 0 atom stereocenters. The van der Waals surface area contributed by atoms with Crippen LogP contribution in [0, 0.1) is 0 Å². The lowest BCUT2D eigenvalue weighted by molar-refractivity contribution is -0.117. The van der Waals surface area contributed by atoms with E-state index in [2.05, 4.69) is 17.2 Å². The largest absolute Gasteiger partial charge is 0.387 e. The Morgan fingerprint density at radius 2 is 2.23 bits per heavy atom. The van der Waals surface area contributed by atoms with Crippen molar-refractivity contribution in [2.45, 2.75) is 20.3 Å². The highest BCUT2D eigenvalue weighted by atomic mass is 16.1. The number of carbonyl (C=O) groups excluding carboxylic acids is 1. The summed E-state index contributed by atoms with van der Waals surface area (Å²) in [5.41, 5.74) is 0.744. The van der Waals surface area contributed by atoms with Crippen LogP contribution >= 0.6 is 0 Å². The molecule has 0 fully saturated rings. The molecule has 2 N–H and O–H groups in total. The molecule has 0 radical (unpaired) electrons. The zero-order valence-electron chi connectivity index (χ0n) is 8.39. The van der Waals surface area contributed by atoms with E-state index in [0.717, 1.165) is 18.5 Å². The third-order valence-electron chi connectivity index (χ3n) is 1.61. The first kappa shape index (κ1) is 11.8. The van der Waals surface area contributed by atoms with Gasteiger partial charge in [-0.2, -0.15) is 0 Å². The van der Waals surface area contributed by atoms with Crippen molar-refractivity contribution in [3.63, 3.8) is 0 Å². The summed E-state index contributed by atoms with van der Waals surface area (Å²) in [4.78, 5) is 11.4. The second-order valence-corrected chi connectivity index (χ2v) is 2.65. The molecule has 0 rings (SSSR count). The summed E-state index contributed by atoms with van der Waals surface area (Å²) >= 11 is 0. The van der Waals surface area contributed by atoms with Crippen LogP contribution in [-0.2, 0) is 4.79 Å². The fourth-order valence-electron chi connectivity index (χ4n) is 0.848. The first-order valence-electron chi connectivity index (χ1n) is 4.53. The van der Waals surface area contributed by atoms with Crippen LogP contribution in [-0.4, -0.2) is 19.0 Å². The number of nitrogens with one attached hydrogen (secondary N) is 2. The van der Waals surface area contributed by atoms with Gasteiger partial charge in [0.05, 0.1) is 0 Å². The van der Waals surface area contributed by atoms with Crippen molar-refractivity contribution in [1.29, 1.82) is 0 Å². The van der Waals surface area contributed by atoms with Crippen LogP contribution in [0.2, 0.25) is 0 Å². The average molecular weight is 182 g/mol. The van der Waals surface area contributed by atoms with Gasteiger partial charge in [-0.05, 0) is 19.5 Å². The molecular weight excluding hydrogens is 164 g/mol. The molecule has 74 valence electrons. The predicted molar refractivity (Wildman–Crippen MR) is 55.3 cm³/mol. The first-order valence-corrected chi connectivity index (χ1v) is 4.53. The lowest BCUT2D eigenvalue weighted by Gasteiger charge is -2.07. The fourth-order valence-corrected chi connectivity index (χ4v) is 0.848. The highest BCUT2D eigenvalue weighted by Gasteiger charge is 2.05. The Morgan fingerprint density at radius 1 is 1.54 bits per heavy atom. The van der Waals surface area contributed by atoms with E-state index in [9.17, 15) is 4.79 Å². The first-order chi connectivity index (χ1) is 6.26. The van der Waals surface area contributed by atoms with Crippen molar-refractivity contribution in [3.05, 3.63) is 24.4 Å². The van der Waals surface area contributed by atoms with E-state index in [1.807, 2.05) is 19.9 Å². The number of carbonyl (C=O) groups is 1. The Morgan fingerprint density at radius 3 is 2.69 bits per heavy atom. The van der Waals surface area contributed by atoms with Crippen LogP contribution < -0.4 is 10.6 Å². The minimum atomic E-state index is -0.00120. The quantitative estimate of drug-likeness (QED) is 0.606. The molecule has 0 saturated carbocycles. The van der Waals surface area contributed by atoms with Crippen molar-refractivity contribution in [2.75, 3.05) is 13.1 Å². The smallest absolute Gasteiger partial charge is 0.248 e. The van der Waals surface area contributed by atoms with Crippen molar-refractivity contribution >= 4 is 5.91 Å². The summed E-state index contributed by atoms with van der Waals surface area (Å²) in [6.07, 6.45) is 4.34. The molecule has 0 aromatic carbocycles. The van der Waals surface area contributed by atoms with Crippen LogP contribution in [0.4, 0.5) is 0 Å². The van der Waals surface area contributed by atoms with Gasteiger partial charge >= 0.3 is 0 Å². The normalized spacial score (nSPS) is 10.8. The van der Waals surface area contributed by atoms with Crippen molar-refractivity contribution in [1.82, 2.24) is 10.6 Å². The summed E-state index contributed by atoms with van der Waals surface area (Å²) in [7, 11) is 0. The molecule has 0 aromatic rings. The minimum Gasteiger partial charge on any atom is -0.387 e. The van der Waals surface area contributed by atoms with Gasteiger partial charge in [-0.25, -0.2) is 0 Å². The van der Waals surface area contributed by atoms with Crippen LogP contribution in [0.25, 0.3) is 0 Å². The van der Waals surface area contributed by atoms with Crippen LogP contribution in [0.15, 0.2) is 24.4 Å². The van der Waals surface area contributed by atoms with Gasteiger partial charge in [0.25, 0.3) is 0 Å². The summed E-state index contributed by atoms with van der Waals surface area (Å²) in [5.74, 6) is -0.00120. The van der Waals surface area contributed by atoms with Crippen molar-refractivity contribution < 1.29 is 4.79 Å². The second-order valence-electron chi connectivity index (χ2n) is 2.65. The van der Waals surface area contributed by atoms with Gasteiger partial charge in [0.1, 0.15) is 0 Å². The van der Waals surface area contributed by atoms with Gasteiger partial charge in [-0.1, -0.05) is 19.6 Å². The number of hydrogen-bond acceptors (Lipinski definition) is 2. The monoisotopic (exact) mass is 182 g/mol. The molecule has 0 heterocycles. The van der Waals surface area contributed by atoms with E-state index >= 15 is 0 Å². The van der Waals surface area contributed by atoms with Gasteiger partial charge in [0.2, 0.25) is 5.91 Å². The molecule has 0 aromatic heterocycles. The topological polar surface area (TPSA) is 41.1 Å². The lowest BCUT2D eigenvalue weighted by Crippen LogP contribution is -2.29. The van der Waals surface area contributed by atoms with Crippen LogP contribution in [0.5, 0.6) is 0 Å². The molecule has 0 aliphatic carbocycles. The van der Waals surface area contributed by atoms with Crippen molar-refractivity contribution in [2.24, 2.45) is 0 Å². The summed E-state index contributed by atoms with van der Waals surface area (Å²) in [5, 5.41) is 5.70. The van der Waals surface area contributed by atoms with Crippen LogP contribution in [0.3, 0.4) is 0 Å². The number of hydrogen-bond donors (Lipinski definition) is 2. The summed E-state index contributed by atoms with van der Waals surface area (Å²) in [6, 6.07) is 0. The van der Waals surface area contributed by atoms with Crippen molar-refractivity contribution in [3.8, 4) is 0 Å². The molecule has 0 spiro atoms. The molecule has 0 aliphatic rings. The lowest BCUT2D eigenvalue weighted by atomic mass is 10.2. The number of amides is 1. The maximum atomic E-state index is 11.4. The number of rotatable bonds is 6. The van der Waals surface area contributed by atoms with E-state index in [4.69, 9.17) is 0 Å². The van der Waals surface area contributed by atoms with E-state index in [-0.39, 0.29) is 5.91 Å². The number of allylic oxidation sites excluding steroid dienone is 1. The molecule has 13 heavy (non-hydrogen) atoms. The highest BCUT2D eigenvalue weighted by Crippen LogP contribution is 1.92. The van der Waals surface area contributed by atoms with Gasteiger partial charge in [-0.15, -0.1) is 0 Å². The second kappa shape index (κ2) is 7.40. The van der Waals surface area contributed by atoms with E-state index in [0.29, 0.717) is 6.54 Å².